The van der Waals surface area contributed by atoms with Crippen LogP contribution in [0.25, 0.3) is 0 Å². The Morgan fingerprint density at radius 2 is 2.29 bits per heavy atom. The summed E-state index contributed by atoms with van der Waals surface area (Å²) in [6.07, 6.45) is 1.51. The molecule has 5 nitrogen and oxygen atoms in total. The number of hydrogen-bond acceptors (Lipinski definition) is 4. The van der Waals surface area contributed by atoms with Crippen LogP contribution in [0.2, 0.25) is 0 Å². The van der Waals surface area contributed by atoms with Gasteiger partial charge in [-0.2, -0.15) is 5.10 Å². The molecule has 5 heteroatoms. The van der Waals surface area contributed by atoms with Crippen LogP contribution in [0, 0.1) is 0 Å². The van der Waals surface area contributed by atoms with Crippen LogP contribution in [-0.2, 0) is 11.5 Å². The summed E-state index contributed by atoms with van der Waals surface area (Å²) < 4.78 is 6.33. The molecule has 0 amide bonds. The summed E-state index contributed by atoms with van der Waals surface area (Å²) >= 11 is 0. The Labute approximate surface area is 82.3 Å². The number of aliphatic hydroxyl groups is 1. The molecule has 0 bridgehead atoms. The number of carbonyl (C=O) groups is 1. The second-order valence-electron chi connectivity index (χ2n) is 3.88. The van der Waals surface area contributed by atoms with E-state index < -0.39 is 11.6 Å². The molecule has 0 atom stereocenters. The van der Waals surface area contributed by atoms with Crippen molar-refractivity contribution in [1.29, 1.82) is 0 Å². The minimum absolute atomic E-state index is 0.203. The van der Waals surface area contributed by atoms with E-state index in [9.17, 15) is 4.79 Å². The lowest BCUT2D eigenvalue weighted by molar-refractivity contribution is 0.00611. The molecule has 1 aromatic rings. The Hall–Kier alpha value is -1.36. The monoisotopic (exact) mass is 198 g/mol. The number of carbonyl (C=O) groups excluding carboxylic acids is 1. The number of aromatic nitrogens is 2. The predicted octanol–water partition coefficient (Wildman–Crippen LogP) is 0.788. The van der Waals surface area contributed by atoms with Gasteiger partial charge in [0.1, 0.15) is 12.3 Å². The Morgan fingerprint density at radius 1 is 1.64 bits per heavy atom. The van der Waals surface area contributed by atoms with Crippen molar-refractivity contribution in [2.24, 2.45) is 0 Å². The summed E-state index contributed by atoms with van der Waals surface area (Å²) in [5.74, 6) is -0.482. The SMILES string of the molecule is CC(C)(C)OC(=O)c1ccn(CO)n1. The van der Waals surface area contributed by atoms with Crippen LogP contribution in [0.5, 0.6) is 0 Å². The smallest absolute Gasteiger partial charge is 0.359 e. The van der Waals surface area contributed by atoms with Crippen molar-refractivity contribution < 1.29 is 14.6 Å². The minimum Gasteiger partial charge on any atom is -0.455 e. The molecule has 0 radical (unpaired) electrons. The van der Waals surface area contributed by atoms with E-state index in [-0.39, 0.29) is 12.4 Å². The van der Waals surface area contributed by atoms with E-state index >= 15 is 0 Å². The molecular weight excluding hydrogens is 184 g/mol. The highest BCUT2D eigenvalue weighted by molar-refractivity contribution is 5.87. The summed E-state index contributed by atoms with van der Waals surface area (Å²) in [6.45, 7) is 5.11. The molecule has 1 rings (SSSR count). The van der Waals surface area contributed by atoms with Gasteiger partial charge >= 0.3 is 5.97 Å². The molecule has 78 valence electrons. The lowest BCUT2D eigenvalue weighted by atomic mass is 10.2. The van der Waals surface area contributed by atoms with Gasteiger partial charge in [-0.3, -0.25) is 0 Å². The number of hydrogen-bond donors (Lipinski definition) is 1. The Balaban J connectivity index is 2.70. The molecule has 1 heterocycles. The molecule has 0 spiro atoms. The van der Waals surface area contributed by atoms with Crippen LogP contribution in [0.15, 0.2) is 12.3 Å². The summed E-state index contributed by atoms with van der Waals surface area (Å²) in [6, 6.07) is 1.50. The van der Waals surface area contributed by atoms with E-state index in [1.807, 2.05) is 0 Å². The van der Waals surface area contributed by atoms with Crippen molar-refractivity contribution in [3.63, 3.8) is 0 Å². The van der Waals surface area contributed by atoms with E-state index in [1.54, 1.807) is 20.8 Å². The molecule has 0 aliphatic carbocycles. The first-order valence-corrected chi connectivity index (χ1v) is 4.30. The van der Waals surface area contributed by atoms with Crippen molar-refractivity contribution in [2.45, 2.75) is 33.1 Å². The van der Waals surface area contributed by atoms with E-state index in [2.05, 4.69) is 5.10 Å². The molecule has 0 fully saturated rings. The van der Waals surface area contributed by atoms with Gasteiger partial charge in [-0.25, -0.2) is 9.48 Å². The zero-order chi connectivity index (χ0) is 10.8. The third-order valence-corrected chi connectivity index (χ3v) is 1.39. The highest BCUT2D eigenvalue weighted by atomic mass is 16.6. The van der Waals surface area contributed by atoms with Crippen molar-refractivity contribution in [1.82, 2.24) is 9.78 Å². The topological polar surface area (TPSA) is 64.3 Å². The third kappa shape index (κ3) is 2.85. The molecule has 0 aliphatic rings. The van der Waals surface area contributed by atoms with Crippen molar-refractivity contribution in [3.8, 4) is 0 Å². The van der Waals surface area contributed by atoms with E-state index in [0.29, 0.717) is 0 Å². The van der Waals surface area contributed by atoms with E-state index in [4.69, 9.17) is 9.84 Å². The normalized spacial score (nSPS) is 11.4. The van der Waals surface area contributed by atoms with Crippen LogP contribution in [0.3, 0.4) is 0 Å². The second-order valence-corrected chi connectivity index (χ2v) is 3.88. The fourth-order valence-corrected chi connectivity index (χ4v) is 0.880. The Morgan fingerprint density at radius 3 is 2.71 bits per heavy atom. The Bertz CT molecular complexity index is 325. The maximum Gasteiger partial charge on any atom is 0.359 e. The van der Waals surface area contributed by atoms with Gasteiger partial charge in [-0.05, 0) is 26.8 Å². The van der Waals surface area contributed by atoms with Gasteiger partial charge in [0, 0.05) is 6.20 Å². The predicted molar refractivity (Wildman–Crippen MR) is 49.6 cm³/mol. The van der Waals surface area contributed by atoms with Crippen LogP contribution in [0.1, 0.15) is 31.3 Å². The second kappa shape index (κ2) is 3.79. The van der Waals surface area contributed by atoms with E-state index in [1.165, 1.54) is 16.9 Å². The standard InChI is InChI=1S/C9H14N2O3/c1-9(2,3)14-8(13)7-4-5-11(6-12)10-7/h4-5,12H,6H2,1-3H3. The van der Waals surface area contributed by atoms with Crippen molar-refractivity contribution >= 4 is 5.97 Å². The summed E-state index contributed by atoms with van der Waals surface area (Å²) in [4.78, 5) is 11.4. The third-order valence-electron chi connectivity index (χ3n) is 1.39. The summed E-state index contributed by atoms with van der Waals surface area (Å²) in [5, 5.41) is 12.5. The lowest BCUT2D eigenvalue weighted by Crippen LogP contribution is -2.24. The maximum atomic E-state index is 11.4. The molecule has 14 heavy (non-hydrogen) atoms. The fourth-order valence-electron chi connectivity index (χ4n) is 0.880. The molecule has 0 saturated heterocycles. The fraction of sp³-hybridized carbons (Fsp3) is 0.556. The minimum atomic E-state index is -0.528. The van der Waals surface area contributed by atoms with Crippen LogP contribution in [0.4, 0.5) is 0 Å². The van der Waals surface area contributed by atoms with Crippen LogP contribution >= 0.6 is 0 Å². The van der Waals surface area contributed by atoms with Crippen molar-refractivity contribution in [2.75, 3.05) is 0 Å². The van der Waals surface area contributed by atoms with Gasteiger partial charge in [0.05, 0.1) is 0 Å². The van der Waals surface area contributed by atoms with Gasteiger partial charge in [-0.1, -0.05) is 0 Å². The number of esters is 1. The first kappa shape index (κ1) is 10.7. The van der Waals surface area contributed by atoms with Crippen molar-refractivity contribution in [3.05, 3.63) is 18.0 Å². The molecule has 0 aromatic carbocycles. The largest absolute Gasteiger partial charge is 0.455 e. The quantitative estimate of drug-likeness (QED) is 0.713. The zero-order valence-corrected chi connectivity index (χ0v) is 8.52. The first-order chi connectivity index (χ1) is 6.42. The molecule has 1 aromatic heterocycles. The van der Waals surface area contributed by atoms with E-state index in [0.717, 1.165) is 0 Å². The summed E-state index contributed by atoms with van der Waals surface area (Å²) in [7, 11) is 0. The molecular formula is C9H14N2O3. The average Bonchev–Trinajstić information content (AvgIpc) is 2.48. The number of nitrogens with zero attached hydrogens (tertiary/aromatic N) is 2. The highest BCUT2D eigenvalue weighted by Gasteiger charge is 2.19. The maximum absolute atomic E-state index is 11.4. The first-order valence-electron chi connectivity index (χ1n) is 4.30. The Kier molecular flexibility index (Phi) is 2.90. The van der Waals surface area contributed by atoms with Gasteiger partial charge in [0.2, 0.25) is 0 Å². The molecule has 0 unspecified atom stereocenters. The van der Waals surface area contributed by atoms with Gasteiger partial charge < -0.3 is 9.84 Å². The number of aliphatic hydroxyl groups excluding tert-OH is 1. The molecule has 0 saturated carbocycles. The van der Waals surface area contributed by atoms with Crippen LogP contribution < -0.4 is 0 Å². The summed E-state index contributed by atoms with van der Waals surface area (Å²) in [5.41, 5.74) is -0.325. The lowest BCUT2D eigenvalue weighted by Gasteiger charge is -2.18. The zero-order valence-electron chi connectivity index (χ0n) is 8.52. The average molecular weight is 198 g/mol. The molecule has 0 aliphatic heterocycles. The van der Waals surface area contributed by atoms with Gasteiger partial charge in [0.15, 0.2) is 5.69 Å². The number of rotatable bonds is 2. The molecule has 1 N–H and O–H groups in total. The van der Waals surface area contributed by atoms with Gasteiger partial charge in [-0.15, -0.1) is 0 Å². The van der Waals surface area contributed by atoms with Crippen LogP contribution in [-0.4, -0.2) is 26.5 Å². The highest BCUT2D eigenvalue weighted by Crippen LogP contribution is 2.10. The van der Waals surface area contributed by atoms with Gasteiger partial charge in [0.25, 0.3) is 0 Å². The number of ether oxygens (including phenoxy) is 1.